The highest BCUT2D eigenvalue weighted by Crippen LogP contribution is 2.17. The lowest BCUT2D eigenvalue weighted by atomic mass is 9.94. The summed E-state index contributed by atoms with van der Waals surface area (Å²) >= 11 is 0. The fourth-order valence-electron chi connectivity index (χ4n) is 1.83. The zero-order valence-electron chi connectivity index (χ0n) is 12.0. The smallest absolute Gasteiger partial charge is 0.325 e. The summed E-state index contributed by atoms with van der Waals surface area (Å²) in [7, 11) is 1.41. The second kappa shape index (κ2) is 7.67. The predicted octanol–water partition coefficient (Wildman–Crippen LogP) is 1.98. The lowest BCUT2D eigenvalue weighted by molar-refractivity contribution is -0.149. The van der Waals surface area contributed by atoms with Crippen molar-refractivity contribution < 1.29 is 14.3 Å². The molecule has 0 rings (SSSR count). The van der Waals surface area contributed by atoms with E-state index in [1.165, 1.54) is 7.11 Å². The molecule has 0 amide bonds. The Labute approximate surface area is 105 Å². The number of ether oxygens (including phenoxy) is 2. The van der Waals surface area contributed by atoms with Gasteiger partial charge in [0.2, 0.25) is 0 Å². The first kappa shape index (κ1) is 16.4. The van der Waals surface area contributed by atoms with Gasteiger partial charge in [-0.3, -0.25) is 4.79 Å². The molecule has 0 bridgehead atoms. The minimum atomic E-state index is -0.667. The van der Waals surface area contributed by atoms with E-state index < -0.39 is 5.54 Å². The number of carbonyl (C=O) groups excluding carboxylic acids is 1. The van der Waals surface area contributed by atoms with E-state index >= 15 is 0 Å². The van der Waals surface area contributed by atoms with Gasteiger partial charge >= 0.3 is 5.97 Å². The van der Waals surface area contributed by atoms with Crippen molar-refractivity contribution in [1.82, 2.24) is 5.32 Å². The van der Waals surface area contributed by atoms with Crippen molar-refractivity contribution in [2.24, 2.45) is 5.92 Å². The molecule has 0 aromatic heterocycles. The number of rotatable bonds is 8. The van der Waals surface area contributed by atoms with Gasteiger partial charge in [-0.25, -0.2) is 0 Å². The molecule has 2 atom stereocenters. The molecule has 4 nitrogen and oxygen atoms in total. The van der Waals surface area contributed by atoms with Crippen molar-refractivity contribution in [2.75, 3.05) is 20.3 Å². The number of nitrogens with one attached hydrogen (secondary N) is 1. The third kappa shape index (κ3) is 6.03. The van der Waals surface area contributed by atoms with E-state index in [1.54, 1.807) is 0 Å². The first-order valence-electron chi connectivity index (χ1n) is 6.30. The topological polar surface area (TPSA) is 47.6 Å². The first-order valence-corrected chi connectivity index (χ1v) is 6.30. The van der Waals surface area contributed by atoms with Gasteiger partial charge in [0, 0.05) is 13.0 Å². The summed E-state index contributed by atoms with van der Waals surface area (Å²) in [4.78, 5) is 11.8. The van der Waals surface area contributed by atoms with Gasteiger partial charge in [-0.1, -0.05) is 20.8 Å². The highest BCUT2D eigenvalue weighted by Gasteiger charge is 2.35. The molecule has 0 aliphatic carbocycles. The van der Waals surface area contributed by atoms with Gasteiger partial charge in [-0.05, 0) is 26.3 Å². The Balaban J connectivity index is 4.37. The average Bonchev–Trinajstić information content (AvgIpc) is 2.25. The molecule has 0 aliphatic rings. The van der Waals surface area contributed by atoms with E-state index in [9.17, 15) is 4.79 Å². The summed E-state index contributed by atoms with van der Waals surface area (Å²) in [6.07, 6.45) is 0.640. The van der Waals surface area contributed by atoms with Crippen molar-refractivity contribution in [1.29, 1.82) is 0 Å². The minimum absolute atomic E-state index is 0.0283. The molecular weight excluding hydrogens is 218 g/mol. The molecule has 17 heavy (non-hydrogen) atoms. The molecule has 0 aromatic carbocycles. The maximum Gasteiger partial charge on any atom is 0.325 e. The molecule has 0 heterocycles. The highest BCUT2D eigenvalue weighted by molar-refractivity contribution is 5.80. The van der Waals surface area contributed by atoms with E-state index in [0.29, 0.717) is 18.9 Å². The summed E-state index contributed by atoms with van der Waals surface area (Å²) in [6.45, 7) is 11.5. The van der Waals surface area contributed by atoms with Crippen LogP contribution in [0.3, 0.4) is 0 Å². The summed E-state index contributed by atoms with van der Waals surface area (Å²) < 4.78 is 10.5. The third-order valence-electron chi connectivity index (χ3n) is 2.61. The van der Waals surface area contributed by atoms with Crippen molar-refractivity contribution in [3.8, 4) is 0 Å². The maximum atomic E-state index is 11.8. The van der Waals surface area contributed by atoms with Gasteiger partial charge in [0.15, 0.2) is 0 Å². The lowest BCUT2D eigenvalue weighted by Gasteiger charge is -2.30. The Kier molecular flexibility index (Phi) is 7.39. The SMILES string of the molecule is CCNC(C)(CC(C)OCC(C)C)C(=O)OC. The fraction of sp³-hybridized carbons (Fsp3) is 0.923. The second-order valence-electron chi connectivity index (χ2n) is 5.10. The van der Waals surface area contributed by atoms with Crippen molar-refractivity contribution in [3.05, 3.63) is 0 Å². The molecule has 4 heteroatoms. The molecule has 0 fully saturated rings. The number of likely N-dealkylation sites (N-methyl/N-ethyl adjacent to an activating group) is 1. The molecular formula is C13H27NO3. The minimum Gasteiger partial charge on any atom is -0.468 e. The van der Waals surface area contributed by atoms with Crippen LogP contribution in [0.15, 0.2) is 0 Å². The van der Waals surface area contributed by atoms with Crippen LogP contribution in [0.1, 0.15) is 41.0 Å². The Morgan fingerprint density at radius 2 is 1.94 bits per heavy atom. The predicted molar refractivity (Wildman–Crippen MR) is 69.0 cm³/mol. The van der Waals surface area contributed by atoms with E-state index in [2.05, 4.69) is 19.2 Å². The fourth-order valence-corrected chi connectivity index (χ4v) is 1.83. The van der Waals surface area contributed by atoms with Crippen LogP contribution >= 0.6 is 0 Å². The number of hydrogen-bond acceptors (Lipinski definition) is 4. The molecule has 0 radical (unpaired) electrons. The molecule has 0 spiro atoms. The van der Waals surface area contributed by atoms with Crippen molar-refractivity contribution in [3.63, 3.8) is 0 Å². The second-order valence-corrected chi connectivity index (χ2v) is 5.10. The molecule has 0 saturated carbocycles. The first-order chi connectivity index (χ1) is 7.85. The van der Waals surface area contributed by atoms with Crippen LogP contribution in [0, 0.1) is 5.92 Å². The monoisotopic (exact) mass is 245 g/mol. The van der Waals surface area contributed by atoms with E-state index in [0.717, 1.165) is 6.54 Å². The Morgan fingerprint density at radius 3 is 2.35 bits per heavy atom. The summed E-state index contributed by atoms with van der Waals surface area (Å²) in [5.74, 6) is 0.264. The van der Waals surface area contributed by atoms with Crippen LogP contribution < -0.4 is 5.32 Å². The van der Waals surface area contributed by atoms with Crippen LogP contribution in [0.5, 0.6) is 0 Å². The van der Waals surface area contributed by atoms with Crippen LogP contribution in [0.4, 0.5) is 0 Å². The quantitative estimate of drug-likeness (QED) is 0.664. The van der Waals surface area contributed by atoms with E-state index in [4.69, 9.17) is 9.47 Å². The zero-order chi connectivity index (χ0) is 13.5. The largest absolute Gasteiger partial charge is 0.468 e. The lowest BCUT2D eigenvalue weighted by Crippen LogP contribution is -2.52. The van der Waals surface area contributed by atoms with E-state index in [-0.39, 0.29) is 12.1 Å². The Hall–Kier alpha value is -0.610. The number of esters is 1. The Bertz CT molecular complexity index is 231. The van der Waals surface area contributed by atoms with Crippen molar-refractivity contribution >= 4 is 5.97 Å². The van der Waals surface area contributed by atoms with Gasteiger partial charge in [0.25, 0.3) is 0 Å². The van der Waals surface area contributed by atoms with Gasteiger partial charge < -0.3 is 14.8 Å². The zero-order valence-corrected chi connectivity index (χ0v) is 12.0. The van der Waals surface area contributed by atoms with Crippen LogP contribution in [-0.4, -0.2) is 37.9 Å². The summed E-state index contributed by atoms with van der Waals surface area (Å²) in [6, 6.07) is 0. The summed E-state index contributed by atoms with van der Waals surface area (Å²) in [5, 5.41) is 3.17. The number of hydrogen-bond donors (Lipinski definition) is 1. The molecule has 0 saturated heterocycles. The number of methoxy groups -OCH3 is 1. The Morgan fingerprint density at radius 1 is 1.35 bits per heavy atom. The standard InChI is InChI=1S/C13H27NO3/c1-7-14-13(5,12(15)16-6)8-11(4)17-9-10(2)3/h10-11,14H,7-9H2,1-6H3. The van der Waals surface area contributed by atoms with Gasteiger partial charge in [0.05, 0.1) is 13.2 Å². The third-order valence-corrected chi connectivity index (χ3v) is 2.61. The normalized spacial score (nSPS) is 16.6. The van der Waals surface area contributed by atoms with Crippen molar-refractivity contribution in [2.45, 2.75) is 52.7 Å². The van der Waals surface area contributed by atoms with Crippen LogP contribution in [0.2, 0.25) is 0 Å². The summed E-state index contributed by atoms with van der Waals surface area (Å²) in [5.41, 5.74) is -0.667. The van der Waals surface area contributed by atoms with Gasteiger partial charge in [-0.15, -0.1) is 0 Å². The molecule has 0 aliphatic heterocycles. The van der Waals surface area contributed by atoms with Gasteiger partial charge in [-0.2, -0.15) is 0 Å². The maximum absolute atomic E-state index is 11.8. The molecule has 0 aromatic rings. The average molecular weight is 245 g/mol. The highest BCUT2D eigenvalue weighted by atomic mass is 16.5. The molecule has 2 unspecified atom stereocenters. The number of carbonyl (C=O) groups is 1. The molecule has 1 N–H and O–H groups in total. The molecule has 102 valence electrons. The van der Waals surface area contributed by atoms with E-state index in [1.807, 2.05) is 20.8 Å². The van der Waals surface area contributed by atoms with Crippen LogP contribution in [0.25, 0.3) is 0 Å². The van der Waals surface area contributed by atoms with Gasteiger partial charge in [0.1, 0.15) is 5.54 Å². The van der Waals surface area contributed by atoms with Crippen LogP contribution in [-0.2, 0) is 14.3 Å².